The summed E-state index contributed by atoms with van der Waals surface area (Å²) >= 11 is 6.51. The zero-order valence-corrected chi connectivity index (χ0v) is 17.7. The van der Waals surface area contributed by atoms with E-state index in [1.807, 2.05) is 55.5 Å². The number of rotatable bonds is 5. The first-order chi connectivity index (χ1) is 14.6. The molecule has 0 fully saturated rings. The Morgan fingerprint density at radius 3 is 2.60 bits per heavy atom. The first kappa shape index (κ1) is 20.4. The number of esters is 1. The summed E-state index contributed by atoms with van der Waals surface area (Å²) in [5, 5.41) is 3.84. The molecule has 5 heteroatoms. The maximum absolute atomic E-state index is 13.2. The summed E-state index contributed by atoms with van der Waals surface area (Å²) < 4.78 is 5.65. The van der Waals surface area contributed by atoms with Gasteiger partial charge in [0.25, 0.3) is 0 Å². The Balaban J connectivity index is 1.65. The molecule has 2 aliphatic rings. The van der Waals surface area contributed by atoms with Crippen molar-refractivity contribution in [2.24, 2.45) is 0 Å². The fraction of sp³-hybridized carbons (Fsp3) is 0.280. The van der Waals surface area contributed by atoms with Crippen LogP contribution in [0.15, 0.2) is 77.1 Å². The number of allylic oxidation sites excluding steroid dienone is 3. The highest BCUT2D eigenvalue weighted by molar-refractivity contribution is 6.31. The van der Waals surface area contributed by atoms with Gasteiger partial charge in [-0.1, -0.05) is 60.1 Å². The van der Waals surface area contributed by atoms with Crippen LogP contribution in [-0.4, -0.2) is 18.4 Å². The molecule has 0 radical (unpaired) electrons. The second-order valence-corrected chi connectivity index (χ2v) is 8.07. The molecular formula is C25H24ClNO3. The summed E-state index contributed by atoms with van der Waals surface area (Å²) in [6, 6.07) is 17.3. The SMILES string of the molecule is CC1=C(C(=O)OCCc2ccccc2)[C@H](c2ccccc2Cl)C2=C(CCCC2=O)N1. The van der Waals surface area contributed by atoms with Gasteiger partial charge >= 0.3 is 5.97 Å². The molecule has 1 heterocycles. The maximum atomic E-state index is 13.2. The normalized spacial score (nSPS) is 18.7. The van der Waals surface area contributed by atoms with Crippen LogP contribution in [0.4, 0.5) is 0 Å². The second kappa shape index (κ2) is 8.88. The number of nitrogens with one attached hydrogen (secondary N) is 1. The van der Waals surface area contributed by atoms with Gasteiger partial charge in [-0.2, -0.15) is 0 Å². The zero-order valence-electron chi connectivity index (χ0n) is 16.9. The van der Waals surface area contributed by atoms with E-state index < -0.39 is 11.9 Å². The molecule has 4 nitrogen and oxygen atoms in total. The molecule has 0 aromatic heterocycles. The molecule has 2 aromatic rings. The molecule has 1 N–H and O–H groups in total. The fourth-order valence-corrected chi connectivity index (χ4v) is 4.50. The summed E-state index contributed by atoms with van der Waals surface area (Å²) in [5.41, 5.74) is 4.60. The van der Waals surface area contributed by atoms with Crippen molar-refractivity contribution in [3.63, 3.8) is 0 Å². The van der Waals surface area contributed by atoms with Crippen LogP contribution >= 0.6 is 11.6 Å². The number of carbonyl (C=O) groups is 2. The Kier molecular flexibility index (Phi) is 6.05. The fourth-order valence-electron chi connectivity index (χ4n) is 4.26. The molecule has 2 aromatic carbocycles. The Hall–Kier alpha value is -2.85. The molecule has 1 atom stereocenters. The molecule has 30 heavy (non-hydrogen) atoms. The number of benzene rings is 2. The summed E-state index contributed by atoms with van der Waals surface area (Å²) in [7, 11) is 0. The average molecular weight is 422 g/mol. The van der Waals surface area contributed by atoms with Crippen LogP contribution in [0, 0.1) is 0 Å². The van der Waals surface area contributed by atoms with Gasteiger partial charge in [0.1, 0.15) is 0 Å². The van der Waals surface area contributed by atoms with Gasteiger partial charge in [0.2, 0.25) is 0 Å². The highest BCUT2D eigenvalue weighted by atomic mass is 35.5. The van der Waals surface area contributed by atoms with Crippen molar-refractivity contribution in [2.75, 3.05) is 6.61 Å². The molecule has 0 spiro atoms. The van der Waals surface area contributed by atoms with E-state index in [1.54, 1.807) is 6.07 Å². The van der Waals surface area contributed by atoms with E-state index in [4.69, 9.17) is 16.3 Å². The van der Waals surface area contributed by atoms with Crippen LogP contribution < -0.4 is 5.32 Å². The minimum Gasteiger partial charge on any atom is -0.462 e. The third-order valence-corrected chi connectivity index (χ3v) is 6.02. The van der Waals surface area contributed by atoms with Crippen molar-refractivity contribution < 1.29 is 14.3 Å². The topological polar surface area (TPSA) is 55.4 Å². The molecule has 154 valence electrons. The van der Waals surface area contributed by atoms with Crippen molar-refractivity contribution >= 4 is 23.4 Å². The van der Waals surface area contributed by atoms with Gasteiger partial charge in [0.05, 0.1) is 12.2 Å². The summed E-state index contributed by atoms with van der Waals surface area (Å²) in [5.74, 6) is -0.853. The zero-order chi connectivity index (χ0) is 21.1. The number of hydrogen-bond acceptors (Lipinski definition) is 4. The first-order valence-corrected chi connectivity index (χ1v) is 10.6. The molecule has 1 aliphatic carbocycles. The third-order valence-electron chi connectivity index (χ3n) is 5.68. The average Bonchev–Trinajstić information content (AvgIpc) is 2.74. The van der Waals surface area contributed by atoms with Crippen LogP contribution in [0.25, 0.3) is 0 Å². The van der Waals surface area contributed by atoms with E-state index in [9.17, 15) is 9.59 Å². The second-order valence-electron chi connectivity index (χ2n) is 7.66. The van der Waals surface area contributed by atoms with E-state index >= 15 is 0 Å². The lowest BCUT2D eigenvalue weighted by molar-refractivity contribution is -0.139. The van der Waals surface area contributed by atoms with Crippen molar-refractivity contribution in [3.05, 3.63) is 93.3 Å². The summed E-state index contributed by atoms with van der Waals surface area (Å²) in [4.78, 5) is 26.1. The molecule has 1 aliphatic heterocycles. The van der Waals surface area contributed by atoms with Crippen LogP contribution in [0.3, 0.4) is 0 Å². The highest BCUT2D eigenvalue weighted by Gasteiger charge is 2.39. The van der Waals surface area contributed by atoms with Crippen LogP contribution in [0.2, 0.25) is 5.02 Å². The number of hydrogen-bond donors (Lipinski definition) is 1. The number of dihydropyridines is 1. The van der Waals surface area contributed by atoms with Crippen molar-refractivity contribution in [2.45, 2.75) is 38.5 Å². The van der Waals surface area contributed by atoms with Gasteiger partial charge in [0.15, 0.2) is 5.78 Å². The van der Waals surface area contributed by atoms with Crippen molar-refractivity contribution in [3.8, 4) is 0 Å². The predicted molar refractivity (Wildman–Crippen MR) is 117 cm³/mol. The van der Waals surface area contributed by atoms with Gasteiger partial charge in [-0.05, 0) is 37.0 Å². The highest BCUT2D eigenvalue weighted by Crippen LogP contribution is 2.44. The van der Waals surface area contributed by atoms with Gasteiger partial charge in [0, 0.05) is 40.7 Å². The van der Waals surface area contributed by atoms with Gasteiger partial charge in [-0.25, -0.2) is 4.79 Å². The smallest absolute Gasteiger partial charge is 0.336 e. The summed E-state index contributed by atoms with van der Waals surface area (Å²) in [6.07, 6.45) is 2.71. The van der Waals surface area contributed by atoms with Crippen LogP contribution in [0.5, 0.6) is 0 Å². The van der Waals surface area contributed by atoms with E-state index in [1.165, 1.54) is 0 Å². The lowest BCUT2D eigenvalue weighted by Gasteiger charge is -2.34. The molecule has 4 rings (SSSR count). The molecule has 0 saturated carbocycles. The number of Topliss-reactive ketones (excluding diaryl/α,β-unsaturated/α-hetero) is 1. The Labute approximate surface area is 181 Å². The largest absolute Gasteiger partial charge is 0.462 e. The van der Waals surface area contributed by atoms with Crippen LogP contribution in [-0.2, 0) is 20.7 Å². The van der Waals surface area contributed by atoms with E-state index in [0.717, 1.165) is 35.4 Å². The van der Waals surface area contributed by atoms with Crippen LogP contribution in [0.1, 0.15) is 43.2 Å². The first-order valence-electron chi connectivity index (χ1n) is 10.3. The molecule has 0 bridgehead atoms. The van der Waals surface area contributed by atoms with Crippen molar-refractivity contribution in [1.82, 2.24) is 5.32 Å². The Morgan fingerprint density at radius 1 is 1.10 bits per heavy atom. The Morgan fingerprint density at radius 2 is 1.83 bits per heavy atom. The van der Waals surface area contributed by atoms with Gasteiger partial charge in [-0.15, -0.1) is 0 Å². The standard InChI is InChI=1S/C25H24ClNO3/c1-16-22(25(29)30-15-14-17-8-3-2-4-9-17)23(18-10-5-6-11-19(18)26)24-20(27-16)12-7-13-21(24)28/h2-6,8-11,23,27H,7,12-15H2,1H3/t23-/m0/s1. The predicted octanol–water partition coefficient (Wildman–Crippen LogP) is 5.09. The molecule has 0 unspecified atom stereocenters. The Bertz CT molecular complexity index is 1040. The third kappa shape index (κ3) is 4.05. The number of ether oxygens (including phenoxy) is 1. The minimum atomic E-state index is -0.507. The lowest BCUT2D eigenvalue weighted by atomic mass is 9.75. The van der Waals surface area contributed by atoms with Gasteiger partial charge in [-0.3, -0.25) is 4.79 Å². The minimum absolute atomic E-state index is 0.0655. The van der Waals surface area contributed by atoms with Crippen molar-refractivity contribution in [1.29, 1.82) is 0 Å². The molecule has 0 amide bonds. The van der Waals surface area contributed by atoms with Gasteiger partial charge < -0.3 is 10.1 Å². The number of carbonyl (C=O) groups excluding carboxylic acids is 2. The van der Waals surface area contributed by atoms with E-state index in [2.05, 4.69) is 5.32 Å². The van der Waals surface area contributed by atoms with E-state index in [-0.39, 0.29) is 12.4 Å². The monoisotopic (exact) mass is 421 g/mol. The quantitative estimate of drug-likeness (QED) is 0.683. The number of halogens is 1. The lowest BCUT2D eigenvalue weighted by Crippen LogP contribution is -2.34. The van der Waals surface area contributed by atoms with E-state index in [0.29, 0.717) is 29.0 Å². The maximum Gasteiger partial charge on any atom is 0.336 e. The summed E-state index contributed by atoms with van der Waals surface area (Å²) in [6.45, 7) is 2.13. The molecular weight excluding hydrogens is 398 g/mol. The number of ketones is 1. The molecule has 0 saturated heterocycles.